The molecule has 0 aliphatic heterocycles. The Kier molecular flexibility index (Phi) is 5.85. The van der Waals surface area contributed by atoms with Crippen molar-refractivity contribution >= 4 is 16.8 Å². The molecule has 0 unspecified atom stereocenters. The number of aromatic hydroxyl groups is 1. The van der Waals surface area contributed by atoms with Gasteiger partial charge in [0.2, 0.25) is 0 Å². The topological polar surface area (TPSA) is 54.3 Å². The van der Waals surface area contributed by atoms with E-state index in [1.165, 1.54) is 6.07 Å². The fourth-order valence-corrected chi connectivity index (χ4v) is 2.34. The molecule has 1 heterocycles. The first-order valence-corrected chi connectivity index (χ1v) is 7.14. The minimum Gasteiger partial charge on any atom is -1.00 e. The third-order valence-corrected chi connectivity index (χ3v) is 3.53. The van der Waals surface area contributed by atoms with Crippen molar-refractivity contribution in [2.75, 3.05) is 34.2 Å². The monoisotopic (exact) mass is 325 g/mol. The first kappa shape index (κ1) is 18.3. The third kappa shape index (κ3) is 4.39. The summed E-state index contributed by atoms with van der Waals surface area (Å²) in [4.78, 5) is 12.2. The van der Waals surface area contributed by atoms with Gasteiger partial charge in [-0.2, -0.15) is 0 Å². The summed E-state index contributed by atoms with van der Waals surface area (Å²) in [6.07, 6.45) is 2.79. The van der Waals surface area contributed by atoms with Crippen LogP contribution in [0.3, 0.4) is 0 Å². The maximum atomic E-state index is 12.2. The van der Waals surface area contributed by atoms with Crippen molar-refractivity contribution in [3.63, 3.8) is 0 Å². The smallest absolute Gasteiger partial charge is 0.251 e. The van der Waals surface area contributed by atoms with E-state index >= 15 is 0 Å². The average Bonchev–Trinajstić information content (AvgIpc) is 2.76. The number of phenols is 1. The number of amides is 1. The maximum Gasteiger partial charge on any atom is 0.251 e. The SMILES string of the molecule is Cn1ccc2c(O)cc(C(=O)NCCC[N+](C)(C)C)cc21.[Cl-]. The molecule has 1 aromatic carbocycles. The number of rotatable bonds is 5. The molecule has 0 saturated heterocycles. The first-order chi connectivity index (χ1) is 9.78. The van der Waals surface area contributed by atoms with Gasteiger partial charge < -0.3 is 31.9 Å². The van der Waals surface area contributed by atoms with E-state index in [1.807, 2.05) is 29.9 Å². The van der Waals surface area contributed by atoms with Gasteiger partial charge in [0.25, 0.3) is 5.91 Å². The van der Waals surface area contributed by atoms with Crippen LogP contribution in [0, 0.1) is 0 Å². The van der Waals surface area contributed by atoms with E-state index in [2.05, 4.69) is 26.5 Å². The van der Waals surface area contributed by atoms with Crippen LogP contribution in [0.25, 0.3) is 10.9 Å². The molecule has 22 heavy (non-hydrogen) atoms. The van der Waals surface area contributed by atoms with Crippen molar-refractivity contribution < 1.29 is 26.8 Å². The predicted octanol–water partition coefficient (Wildman–Crippen LogP) is -1.29. The number of aryl methyl sites for hydroxylation is 1. The number of nitrogens with zero attached hydrogens (tertiary/aromatic N) is 2. The van der Waals surface area contributed by atoms with Gasteiger partial charge in [-0.05, 0) is 18.2 Å². The van der Waals surface area contributed by atoms with Crippen LogP contribution in [0.5, 0.6) is 5.75 Å². The Labute approximate surface area is 137 Å². The minimum absolute atomic E-state index is 0. The highest BCUT2D eigenvalue weighted by atomic mass is 35.5. The number of benzene rings is 1. The van der Waals surface area contributed by atoms with Crippen molar-refractivity contribution in [1.82, 2.24) is 9.88 Å². The van der Waals surface area contributed by atoms with E-state index in [4.69, 9.17) is 0 Å². The molecule has 122 valence electrons. The zero-order valence-corrected chi connectivity index (χ0v) is 14.3. The lowest BCUT2D eigenvalue weighted by Gasteiger charge is -2.23. The molecule has 5 nitrogen and oxygen atoms in total. The summed E-state index contributed by atoms with van der Waals surface area (Å²) in [5.74, 6) is -0.000539. The van der Waals surface area contributed by atoms with Crippen LogP contribution >= 0.6 is 0 Å². The zero-order chi connectivity index (χ0) is 15.6. The van der Waals surface area contributed by atoms with Crippen LogP contribution < -0.4 is 17.7 Å². The Morgan fingerprint density at radius 2 is 2.00 bits per heavy atom. The van der Waals surface area contributed by atoms with Gasteiger partial charge in [0.1, 0.15) is 5.75 Å². The lowest BCUT2D eigenvalue weighted by atomic mass is 10.1. The number of fused-ring (bicyclic) bond motifs is 1. The largest absolute Gasteiger partial charge is 1.00 e. The van der Waals surface area contributed by atoms with Crippen LogP contribution in [0.1, 0.15) is 16.8 Å². The highest BCUT2D eigenvalue weighted by Crippen LogP contribution is 2.26. The Morgan fingerprint density at radius 3 is 2.64 bits per heavy atom. The lowest BCUT2D eigenvalue weighted by molar-refractivity contribution is -0.870. The standard InChI is InChI=1S/C16H23N3O2.ClH/c1-18-8-6-13-14(18)10-12(11-15(13)20)16(21)17-7-5-9-19(2,3)4;/h6,8,10-11H,5,7,9H2,1-4H3,(H-,17,20,21);1H. The van der Waals surface area contributed by atoms with Crippen LogP contribution in [0.15, 0.2) is 24.4 Å². The Hall–Kier alpha value is -1.72. The van der Waals surface area contributed by atoms with Gasteiger partial charge in [-0.3, -0.25) is 4.79 Å². The molecule has 0 fully saturated rings. The molecule has 2 aromatic rings. The second-order valence-electron chi connectivity index (χ2n) is 6.48. The summed E-state index contributed by atoms with van der Waals surface area (Å²) in [5.41, 5.74) is 1.35. The van der Waals surface area contributed by atoms with E-state index in [9.17, 15) is 9.90 Å². The average molecular weight is 326 g/mol. The van der Waals surface area contributed by atoms with Gasteiger partial charge in [-0.15, -0.1) is 0 Å². The summed E-state index contributed by atoms with van der Waals surface area (Å²) < 4.78 is 2.77. The molecule has 1 aromatic heterocycles. The summed E-state index contributed by atoms with van der Waals surface area (Å²) in [5, 5.41) is 13.7. The molecule has 0 bridgehead atoms. The van der Waals surface area contributed by atoms with Crippen molar-refractivity contribution in [2.24, 2.45) is 7.05 Å². The number of nitrogens with one attached hydrogen (secondary N) is 1. The van der Waals surface area contributed by atoms with Crippen LogP contribution in [-0.4, -0.2) is 54.3 Å². The first-order valence-electron chi connectivity index (χ1n) is 7.14. The van der Waals surface area contributed by atoms with Crippen molar-refractivity contribution in [3.05, 3.63) is 30.0 Å². The Balaban J connectivity index is 0.00000242. The fraction of sp³-hybridized carbons (Fsp3) is 0.438. The number of aromatic nitrogens is 1. The molecule has 0 aliphatic carbocycles. The number of carbonyl (C=O) groups is 1. The van der Waals surface area contributed by atoms with Gasteiger partial charge >= 0.3 is 0 Å². The van der Waals surface area contributed by atoms with Crippen molar-refractivity contribution in [1.29, 1.82) is 0 Å². The minimum atomic E-state index is -0.144. The van der Waals surface area contributed by atoms with Gasteiger partial charge in [0.05, 0.1) is 33.2 Å². The van der Waals surface area contributed by atoms with E-state index < -0.39 is 0 Å². The molecule has 0 radical (unpaired) electrons. The van der Waals surface area contributed by atoms with Gasteiger partial charge in [-0.25, -0.2) is 0 Å². The molecular formula is C16H24ClN3O2. The quantitative estimate of drug-likeness (QED) is 0.531. The van der Waals surface area contributed by atoms with E-state index in [-0.39, 0.29) is 24.1 Å². The van der Waals surface area contributed by atoms with Crippen molar-refractivity contribution in [2.45, 2.75) is 6.42 Å². The van der Waals surface area contributed by atoms with Gasteiger partial charge in [-0.1, -0.05) is 0 Å². The van der Waals surface area contributed by atoms with E-state index in [1.54, 1.807) is 0 Å². The Morgan fingerprint density at radius 1 is 1.32 bits per heavy atom. The van der Waals surface area contributed by atoms with Crippen LogP contribution in [0.4, 0.5) is 0 Å². The molecule has 1 amide bonds. The highest BCUT2D eigenvalue weighted by molar-refractivity contribution is 6.00. The molecule has 0 saturated carbocycles. The van der Waals surface area contributed by atoms with Crippen molar-refractivity contribution in [3.8, 4) is 5.75 Å². The second-order valence-corrected chi connectivity index (χ2v) is 6.48. The molecule has 0 atom stereocenters. The van der Waals surface area contributed by atoms with E-state index in [0.29, 0.717) is 12.1 Å². The Bertz CT molecular complexity index is 659. The number of hydrogen-bond acceptors (Lipinski definition) is 2. The number of quaternary nitrogens is 1. The molecule has 6 heteroatoms. The van der Waals surface area contributed by atoms with E-state index in [0.717, 1.165) is 28.4 Å². The lowest BCUT2D eigenvalue weighted by Crippen LogP contribution is -3.00. The fourth-order valence-electron chi connectivity index (χ4n) is 2.34. The normalized spacial score (nSPS) is 11.3. The maximum absolute atomic E-state index is 12.2. The molecule has 0 aliphatic rings. The predicted molar refractivity (Wildman–Crippen MR) is 84.4 cm³/mol. The summed E-state index contributed by atoms with van der Waals surface area (Å²) in [6.45, 7) is 1.64. The molecular weight excluding hydrogens is 302 g/mol. The third-order valence-electron chi connectivity index (χ3n) is 3.53. The number of hydrogen-bond donors (Lipinski definition) is 2. The second kappa shape index (κ2) is 7.03. The number of halogens is 1. The molecule has 0 spiro atoms. The summed E-state index contributed by atoms with van der Waals surface area (Å²) in [7, 11) is 8.28. The van der Waals surface area contributed by atoms with Crippen LogP contribution in [-0.2, 0) is 7.05 Å². The van der Waals surface area contributed by atoms with Crippen LogP contribution in [0.2, 0.25) is 0 Å². The highest BCUT2D eigenvalue weighted by Gasteiger charge is 2.12. The van der Waals surface area contributed by atoms with Gasteiger partial charge in [0, 0.05) is 37.2 Å². The van der Waals surface area contributed by atoms with Gasteiger partial charge in [0.15, 0.2) is 0 Å². The zero-order valence-electron chi connectivity index (χ0n) is 13.6. The summed E-state index contributed by atoms with van der Waals surface area (Å²) in [6, 6.07) is 5.18. The number of phenolic OH excluding ortho intramolecular Hbond substituents is 1. The summed E-state index contributed by atoms with van der Waals surface area (Å²) >= 11 is 0. The number of carbonyl (C=O) groups excluding carboxylic acids is 1. The molecule has 2 N–H and O–H groups in total. The molecule has 2 rings (SSSR count).